The molecule has 0 spiro atoms. The smallest absolute Gasteiger partial charge is 0.219 e. The van der Waals surface area contributed by atoms with Gasteiger partial charge in [0.2, 0.25) is 5.91 Å². The van der Waals surface area contributed by atoms with Crippen LogP contribution in [0.3, 0.4) is 0 Å². The lowest BCUT2D eigenvalue weighted by Crippen LogP contribution is -2.38. The second kappa shape index (κ2) is 5.81. The van der Waals surface area contributed by atoms with Crippen LogP contribution in [-0.4, -0.2) is 37.0 Å². The topological polar surface area (TPSA) is 32.3 Å². The lowest BCUT2D eigenvalue weighted by Gasteiger charge is -2.28. The van der Waals surface area contributed by atoms with E-state index in [-0.39, 0.29) is 5.91 Å². The number of carbonyl (C=O) groups excluding carboxylic acids is 1. The maximum atomic E-state index is 11.3. The molecule has 3 nitrogen and oxygen atoms in total. The summed E-state index contributed by atoms with van der Waals surface area (Å²) in [5.41, 5.74) is 0. The van der Waals surface area contributed by atoms with Crippen molar-refractivity contribution in [1.82, 2.24) is 10.2 Å². The van der Waals surface area contributed by atoms with E-state index in [2.05, 4.69) is 11.9 Å². The van der Waals surface area contributed by atoms with Crippen LogP contribution in [0.25, 0.3) is 0 Å². The molecule has 0 aromatic heterocycles. The zero-order valence-corrected chi connectivity index (χ0v) is 8.96. The van der Waals surface area contributed by atoms with Crippen LogP contribution in [0, 0.1) is 5.92 Å². The first-order chi connectivity index (χ1) is 6.74. The zero-order valence-electron chi connectivity index (χ0n) is 8.96. The van der Waals surface area contributed by atoms with Gasteiger partial charge < -0.3 is 10.2 Å². The van der Waals surface area contributed by atoms with Gasteiger partial charge in [-0.15, -0.1) is 6.58 Å². The first-order valence-electron chi connectivity index (χ1n) is 5.31. The number of nitrogens with zero attached hydrogens (tertiary/aromatic N) is 1. The molecule has 1 saturated heterocycles. The minimum atomic E-state index is 0.156. The van der Waals surface area contributed by atoms with Gasteiger partial charge in [0.25, 0.3) is 0 Å². The largest absolute Gasteiger partial charge is 0.339 e. The highest BCUT2D eigenvalue weighted by atomic mass is 16.2. The maximum absolute atomic E-state index is 11.3. The molecular formula is C11H20N2O. The van der Waals surface area contributed by atoms with E-state index >= 15 is 0 Å². The van der Waals surface area contributed by atoms with Crippen molar-refractivity contribution in [3.05, 3.63) is 12.7 Å². The van der Waals surface area contributed by atoms with Crippen LogP contribution >= 0.6 is 0 Å². The number of rotatable bonds is 4. The Balaban J connectivity index is 2.36. The van der Waals surface area contributed by atoms with Gasteiger partial charge in [0, 0.05) is 20.0 Å². The van der Waals surface area contributed by atoms with Crippen molar-refractivity contribution >= 4 is 5.91 Å². The quantitative estimate of drug-likeness (QED) is 0.681. The van der Waals surface area contributed by atoms with Crippen molar-refractivity contribution in [3.8, 4) is 0 Å². The maximum Gasteiger partial charge on any atom is 0.219 e. The van der Waals surface area contributed by atoms with E-state index in [9.17, 15) is 4.79 Å². The Morgan fingerprint density at radius 2 is 2.21 bits per heavy atom. The summed E-state index contributed by atoms with van der Waals surface area (Å²) in [5.74, 6) is 0.823. The van der Waals surface area contributed by atoms with Crippen LogP contribution in [0.5, 0.6) is 0 Å². The molecule has 0 unspecified atom stereocenters. The highest BCUT2D eigenvalue weighted by Crippen LogP contribution is 2.13. The van der Waals surface area contributed by atoms with E-state index in [1.807, 2.05) is 4.90 Å². The van der Waals surface area contributed by atoms with Gasteiger partial charge in [-0.25, -0.2) is 0 Å². The third-order valence-electron chi connectivity index (χ3n) is 2.73. The van der Waals surface area contributed by atoms with Crippen molar-refractivity contribution in [2.75, 3.05) is 26.2 Å². The summed E-state index contributed by atoms with van der Waals surface area (Å²) in [5, 5.41) is 3.33. The Bertz CT molecular complexity index is 197. The van der Waals surface area contributed by atoms with Gasteiger partial charge in [0.1, 0.15) is 0 Å². The van der Waals surface area contributed by atoms with Gasteiger partial charge in [-0.3, -0.25) is 4.79 Å². The third kappa shape index (κ3) is 3.50. The fourth-order valence-corrected chi connectivity index (χ4v) is 1.86. The molecule has 0 aliphatic carbocycles. The van der Waals surface area contributed by atoms with E-state index in [1.54, 1.807) is 13.0 Å². The molecule has 1 fully saturated rings. The molecule has 0 radical (unpaired) electrons. The van der Waals surface area contributed by atoms with Crippen LogP contribution in [-0.2, 0) is 4.79 Å². The molecule has 1 rings (SSSR count). The molecule has 1 aliphatic heterocycles. The molecule has 3 heteroatoms. The van der Waals surface area contributed by atoms with Crippen LogP contribution in [0.2, 0.25) is 0 Å². The van der Waals surface area contributed by atoms with E-state index < -0.39 is 0 Å². The summed E-state index contributed by atoms with van der Waals surface area (Å²) >= 11 is 0. The van der Waals surface area contributed by atoms with Crippen molar-refractivity contribution in [3.63, 3.8) is 0 Å². The zero-order chi connectivity index (χ0) is 10.4. The van der Waals surface area contributed by atoms with Gasteiger partial charge in [-0.2, -0.15) is 0 Å². The third-order valence-corrected chi connectivity index (χ3v) is 2.73. The summed E-state index contributed by atoms with van der Waals surface area (Å²) in [7, 11) is 0. The second-order valence-corrected chi connectivity index (χ2v) is 3.91. The minimum absolute atomic E-state index is 0.156. The second-order valence-electron chi connectivity index (χ2n) is 3.91. The highest BCUT2D eigenvalue weighted by Gasteiger charge is 2.17. The van der Waals surface area contributed by atoms with E-state index in [1.165, 1.54) is 12.8 Å². The van der Waals surface area contributed by atoms with Gasteiger partial charge in [0.15, 0.2) is 0 Å². The Morgan fingerprint density at radius 3 is 2.71 bits per heavy atom. The number of hydrogen-bond donors (Lipinski definition) is 1. The molecule has 1 amide bonds. The van der Waals surface area contributed by atoms with Crippen molar-refractivity contribution in [2.45, 2.75) is 19.8 Å². The molecule has 1 N–H and O–H groups in total. The molecule has 0 saturated carbocycles. The molecule has 0 aromatic carbocycles. The van der Waals surface area contributed by atoms with Crippen molar-refractivity contribution in [2.24, 2.45) is 5.92 Å². The Hall–Kier alpha value is -0.830. The van der Waals surface area contributed by atoms with Gasteiger partial charge in [-0.1, -0.05) is 6.08 Å². The summed E-state index contributed by atoms with van der Waals surface area (Å²) < 4.78 is 0. The predicted molar refractivity (Wildman–Crippen MR) is 58.0 cm³/mol. The lowest BCUT2D eigenvalue weighted by molar-refractivity contribution is -0.129. The van der Waals surface area contributed by atoms with Gasteiger partial charge in [0.05, 0.1) is 0 Å². The Kier molecular flexibility index (Phi) is 4.66. The first-order valence-corrected chi connectivity index (χ1v) is 5.31. The number of piperidine rings is 1. The number of amides is 1. The highest BCUT2D eigenvalue weighted by molar-refractivity contribution is 5.73. The van der Waals surface area contributed by atoms with Crippen LogP contribution in [0.4, 0.5) is 0 Å². The van der Waals surface area contributed by atoms with Crippen molar-refractivity contribution in [1.29, 1.82) is 0 Å². The lowest BCUT2D eigenvalue weighted by atomic mass is 9.97. The first kappa shape index (κ1) is 11.2. The molecule has 0 bridgehead atoms. The fraction of sp³-hybridized carbons (Fsp3) is 0.727. The normalized spacial score (nSPS) is 17.8. The number of hydrogen-bond acceptors (Lipinski definition) is 2. The van der Waals surface area contributed by atoms with E-state index in [0.717, 1.165) is 19.6 Å². The SMILES string of the molecule is C=CCN(CC1CCNCC1)C(C)=O. The number of carbonyl (C=O) groups is 1. The molecular weight excluding hydrogens is 176 g/mol. The molecule has 1 heterocycles. The predicted octanol–water partition coefficient (Wildman–Crippen LogP) is 1.02. The Morgan fingerprint density at radius 1 is 1.57 bits per heavy atom. The van der Waals surface area contributed by atoms with Crippen LogP contribution < -0.4 is 5.32 Å². The molecule has 80 valence electrons. The number of nitrogens with one attached hydrogen (secondary N) is 1. The summed E-state index contributed by atoms with van der Waals surface area (Å²) in [6, 6.07) is 0. The van der Waals surface area contributed by atoms with E-state index in [4.69, 9.17) is 0 Å². The van der Waals surface area contributed by atoms with Gasteiger partial charge in [-0.05, 0) is 31.8 Å². The van der Waals surface area contributed by atoms with Crippen LogP contribution in [0.1, 0.15) is 19.8 Å². The summed E-state index contributed by atoms with van der Waals surface area (Å²) in [6.07, 6.45) is 4.16. The van der Waals surface area contributed by atoms with E-state index in [0.29, 0.717) is 12.5 Å². The molecule has 1 aliphatic rings. The monoisotopic (exact) mass is 196 g/mol. The minimum Gasteiger partial charge on any atom is -0.339 e. The summed E-state index contributed by atoms with van der Waals surface area (Å²) in [6.45, 7) is 9.05. The molecule has 0 aromatic rings. The van der Waals surface area contributed by atoms with Crippen molar-refractivity contribution < 1.29 is 4.79 Å². The molecule has 0 atom stereocenters. The fourth-order valence-electron chi connectivity index (χ4n) is 1.86. The standard InChI is InChI=1S/C11H20N2O/c1-3-8-13(10(2)14)9-11-4-6-12-7-5-11/h3,11-12H,1,4-9H2,2H3. The molecule has 14 heavy (non-hydrogen) atoms. The average Bonchev–Trinajstić information content (AvgIpc) is 2.18. The van der Waals surface area contributed by atoms with Crippen LogP contribution in [0.15, 0.2) is 12.7 Å². The Labute approximate surface area is 86.2 Å². The summed E-state index contributed by atoms with van der Waals surface area (Å²) in [4.78, 5) is 13.1. The average molecular weight is 196 g/mol. The van der Waals surface area contributed by atoms with Gasteiger partial charge >= 0.3 is 0 Å².